The average molecular weight is 420 g/mol. The van der Waals surface area contributed by atoms with Gasteiger partial charge in [-0.3, -0.25) is 9.59 Å². The number of aromatic nitrogens is 1. The zero-order valence-corrected chi connectivity index (χ0v) is 16.7. The predicted molar refractivity (Wildman–Crippen MR) is 106 cm³/mol. The van der Waals surface area contributed by atoms with E-state index >= 15 is 0 Å². The molecule has 2 amide bonds. The summed E-state index contributed by atoms with van der Waals surface area (Å²) < 4.78 is 39.5. The molecule has 2 aromatic rings. The maximum atomic E-state index is 13.2. The lowest BCUT2D eigenvalue weighted by atomic mass is 10.0. The Balaban J connectivity index is 1.89. The number of benzene rings is 1. The number of likely N-dealkylation sites (tertiary alicyclic amines) is 1. The third-order valence-electron chi connectivity index (χ3n) is 4.96. The fourth-order valence-electron chi connectivity index (χ4n) is 3.33. The zero-order chi connectivity index (χ0) is 21.9. The first kappa shape index (κ1) is 21.6. The van der Waals surface area contributed by atoms with E-state index in [-0.39, 0.29) is 12.5 Å². The second kappa shape index (κ2) is 8.73. The van der Waals surface area contributed by atoms with Gasteiger partial charge in [-0.05, 0) is 36.2 Å². The Morgan fingerprint density at radius 3 is 2.67 bits per heavy atom. The van der Waals surface area contributed by atoms with Crippen LogP contribution in [-0.2, 0) is 11.0 Å². The highest BCUT2D eigenvalue weighted by molar-refractivity contribution is 5.95. The van der Waals surface area contributed by atoms with Crippen LogP contribution in [0, 0.1) is 0 Å². The Kier molecular flexibility index (Phi) is 6.28. The standard InChI is InChI=1S/C21H23F3N4O2/c1-27(2)18-12-15(8-9-25-18)20(30)26-17(13-28-10-4-7-19(28)29)14-5-3-6-16(11-14)21(22,23)24/h3,5-6,8-9,11-12,17H,4,7,10,13H2,1-2H3,(H,26,30)/t17-/m1/s1. The first-order valence-corrected chi connectivity index (χ1v) is 9.54. The minimum absolute atomic E-state index is 0.0694. The normalized spacial score (nSPS) is 15.2. The van der Waals surface area contributed by atoms with E-state index in [0.717, 1.165) is 12.1 Å². The van der Waals surface area contributed by atoms with Crippen molar-refractivity contribution in [2.45, 2.75) is 25.1 Å². The van der Waals surface area contributed by atoms with Crippen molar-refractivity contribution in [3.63, 3.8) is 0 Å². The summed E-state index contributed by atoms with van der Waals surface area (Å²) in [6, 6.07) is 7.18. The predicted octanol–water partition coefficient (Wildman–Crippen LogP) is 3.26. The molecule has 0 unspecified atom stereocenters. The van der Waals surface area contributed by atoms with Crippen LogP contribution in [0.15, 0.2) is 42.6 Å². The lowest BCUT2D eigenvalue weighted by molar-refractivity contribution is -0.137. The Morgan fingerprint density at radius 1 is 1.27 bits per heavy atom. The minimum Gasteiger partial charge on any atom is -0.363 e. The highest BCUT2D eigenvalue weighted by Gasteiger charge is 2.32. The molecular weight excluding hydrogens is 397 g/mol. The summed E-state index contributed by atoms with van der Waals surface area (Å²) in [7, 11) is 3.57. The number of pyridine rings is 1. The van der Waals surface area contributed by atoms with Crippen molar-refractivity contribution in [3.05, 3.63) is 59.3 Å². The van der Waals surface area contributed by atoms with E-state index in [1.165, 1.54) is 24.4 Å². The summed E-state index contributed by atoms with van der Waals surface area (Å²) in [6.07, 6.45) is -1.91. The van der Waals surface area contributed by atoms with Gasteiger partial charge in [0.15, 0.2) is 0 Å². The molecule has 1 atom stereocenters. The molecule has 0 radical (unpaired) electrons. The van der Waals surface area contributed by atoms with Crippen molar-refractivity contribution >= 4 is 17.6 Å². The number of carbonyl (C=O) groups excluding carboxylic acids is 2. The summed E-state index contributed by atoms with van der Waals surface area (Å²) in [5.74, 6) is 0.0579. The highest BCUT2D eigenvalue weighted by atomic mass is 19.4. The average Bonchev–Trinajstić information content (AvgIpc) is 3.11. The summed E-state index contributed by atoms with van der Waals surface area (Å²) in [5.41, 5.74) is -0.177. The Labute approximate surface area is 172 Å². The van der Waals surface area contributed by atoms with E-state index in [1.807, 2.05) is 0 Å². The van der Waals surface area contributed by atoms with Crippen molar-refractivity contribution in [2.24, 2.45) is 0 Å². The van der Waals surface area contributed by atoms with E-state index in [0.29, 0.717) is 36.3 Å². The van der Waals surface area contributed by atoms with Gasteiger partial charge in [-0.2, -0.15) is 13.2 Å². The first-order chi connectivity index (χ1) is 14.1. The molecule has 1 aromatic carbocycles. The quantitative estimate of drug-likeness (QED) is 0.779. The third kappa shape index (κ3) is 5.08. The van der Waals surface area contributed by atoms with Gasteiger partial charge >= 0.3 is 6.18 Å². The fourth-order valence-corrected chi connectivity index (χ4v) is 3.33. The van der Waals surface area contributed by atoms with Crippen molar-refractivity contribution in [2.75, 3.05) is 32.1 Å². The SMILES string of the molecule is CN(C)c1cc(C(=O)N[C@H](CN2CCCC2=O)c2cccc(C(F)(F)F)c2)ccn1. The van der Waals surface area contributed by atoms with Gasteiger partial charge in [0.05, 0.1) is 11.6 Å². The van der Waals surface area contributed by atoms with Crippen LogP contribution < -0.4 is 10.2 Å². The lowest BCUT2D eigenvalue weighted by Crippen LogP contribution is -2.38. The number of amides is 2. The molecule has 3 rings (SSSR count). The van der Waals surface area contributed by atoms with E-state index in [9.17, 15) is 22.8 Å². The molecule has 1 aliphatic heterocycles. The molecule has 0 spiro atoms. The van der Waals surface area contributed by atoms with E-state index in [1.54, 1.807) is 30.0 Å². The lowest BCUT2D eigenvalue weighted by Gasteiger charge is -2.26. The van der Waals surface area contributed by atoms with Crippen LogP contribution in [0.25, 0.3) is 0 Å². The summed E-state index contributed by atoms with van der Waals surface area (Å²) in [5, 5.41) is 2.80. The largest absolute Gasteiger partial charge is 0.416 e. The second-order valence-corrected chi connectivity index (χ2v) is 7.39. The summed E-state index contributed by atoms with van der Waals surface area (Å²) in [4.78, 5) is 32.4. The zero-order valence-electron chi connectivity index (χ0n) is 16.7. The van der Waals surface area contributed by atoms with E-state index in [4.69, 9.17) is 0 Å². The van der Waals surface area contributed by atoms with Gasteiger partial charge in [-0.1, -0.05) is 12.1 Å². The van der Waals surface area contributed by atoms with Crippen LogP contribution in [0.4, 0.5) is 19.0 Å². The summed E-state index contributed by atoms with van der Waals surface area (Å²) in [6.45, 7) is 0.627. The van der Waals surface area contributed by atoms with Gasteiger partial charge in [0.25, 0.3) is 5.91 Å². The smallest absolute Gasteiger partial charge is 0.363 e. The second-order valence-electron chi connectivity index (χ2n) is 7.39. The molecule has 0 saturated carbocycles. The highest BCUT2D eigenvalue weighted by Crippen LogP contribution is 2.31. The van der Waals surface area contributed by atoms with Gasteiger partial charge in [-0.25, -0.2) is 4.98 Å². The van der Waals surface area contributed by atoms with Gasteiger partial charge in [0.2, 0.25) is 5.91 Å². The molecule has 2 heterocycles. The van der Waals surface area contributed by atoms with Crippen LogP contribution in [0.5, 0.6) is 0 Å². The molecule has 1 aromatic heterocycles. The number of nitrogens with zero attached hydrogens (tertiary/aromatic N) is 3. The number of hydrogen-bond acceptors (Lipinski definition) is 4. The number of carbonyl (C=O) groups is 2. The summed E-state index contributed by atoms with van der Waals surface area (Å²) >= 11 is 0. The van der Waals surface area contributed by atoms with Crippen molar-refractivity contribution in [1.29, 1.82) is 0 Å². The van der Waals surface area contributed by atoms with E-state index < -0.39 is 23.7 Å². The molecule has 1 N–H and O–H groups in total. The van der Waals surface area contributed by atoms with E-state index in [2.05, 4.69) is 10.3 Å². The van der Waals surface area contributed by atoms with Gasteiger partial charge in [0.1, 0.15) is 5.82 Å². The van der Waals surface area contributed by atoms with Crippen molar-refractivity contribution in [1.82, 2.24) is 15.2 Å². The number of anilines is 1. The number of nitrogens with one attached hydrogen (secondary N) is 1. The van der Waals surface area contributed by atoms with Crippen LogP contribution >= 0.6 is 0 Å². The molecule has 9 heteroatoms. The van der Waals surface area contributed by atoms with Gasteiger partial charge < -0.3 is 15.1 Å². The van der Waals surface area contributed by atoms with Gasteiger partial charge in [0, 0.05) is 45.4 Å². The number of alkyl halides is 3. The first-order valence-electron chi connectivity index (χ1n) is 9.54. The topological polar surface area (TPSA) is 65.5 Å². The molecule has 1 fully saturated rings. The Bertz CT molecular complexity index is 930. The van der Waals surface area contributed by atoms with Crippen molar-refractivity contribution < 1.29 is 22.8 Å². The number of rotatable bonds is 6. The van der Waals surface area contributed by atoms with Crippen molar-refractivity contribution in [3.8, 4) is 0 Å². The monoisotopic (exact) mass is 420 g/mol. The minimum atomic E-state index is -4.50. The van der Waals surface area contributed by atoms with Gasteiger partial charge in [-0.15, -0.1) is 0 Å². The molecular formula is C21H23F3N4O2. The molecule has 0 bridgehead atoms. The van der Waals surface area contributed by atoms with Crippen LogP contribution in [-0.4, -0.2) is 48.9 Å². The maximum absolute atomic E-state index is 13.2. The van der Waals surface area contributed by atoms with Crippen LogP contribution in [0.1, 0.15) is 40.4 Å². The molecule has 6 nitrogen and oxygen atoms in total. The maximum Gasteiger partial charge on any atom is 0.416 e. The molecule has 30 heavy (non-hydrogen) atoms. The fraction of sp³-hybridized carbons (Fsp3) is 0.381. The molecule has 160 valence electrons. The number of halogens is 3. The Hall–Kier alpha value is -3.10. The van der Waals surface area contributed by atoms with Crippen LogP contribution in [0.3, 0.4) is 0 Å². The molecule has 1 aliphatic rings. The van der Waals surface area contributed by atoms with Crippen LogP contribution in [0.2, 0.25) is 0 Å². The third-order valence-corrected chi connectivity index (χ3v) is 4.96. The molecule has 0 aliphatic carbocycles. The molecule has 1 saturated heterocycles. The Morgan fingerprint density at radius 2 is 2.03 bits per heavy atom. The number of hydrogen-bond donors (Lipinski definition) is 1.